The molecule has 2 amide bonds. The molecule has 0 saturated heterocycles. The lowest BCUT2D eigenvalue weighted by Gasteiger charge is -2.31. The van der Waals surface area contributed by atoms with Crippen molar-refractivity contribution in [2.75, 3.05) is 34.0 Å². The van der Waals surface area contributed by atoms with Crippen molar-refractivity contribution in [3.63, 3.8) is 0 Å². The van der Waals surface area contributed by atoms with Gasteiger partial charge in [0.15, 0.2) is 12.6 Å². The van der Waals surface area contributed by atoms with E-state index >= 15 is 0 Å². The predicted molar refractivity (Wildman–Crippen MR) is 133 cm³/mol. The molecule has 8 nitrogen and oxygen atoms in total. The van der Waals surface area contributed by atoms with Crippen LogP contribution in [0.2, 0.25) is 0 Å². The average molecular weight is 485 g/mol. The lowest BCUT2D eigenvalue weighted by molar-refractivity contribution is -0.137. The van der Waals surface area contributed by atoms with Gasteiger partial charge in [0, 0.05) is 33.8 Å². The van der Waals surface area contributed by atoms with E-state index in [-0.39, 0.29) is 50.2 Å². The maximum atomic E-state index is 13.6. The number of rotatable bonds is 14. The van der Waals surface area contributed by atoms with Crippen molar-refractivity contribution in [1.29, 1.82) is 0 Å². The lowest BCUT2D eigenvalue weighted by Crippen LogP contribution is -2.41. The molecule has 2 rings (SSSR count). The van der Waals surface area contributed by atoms with Crippen molar-refractivity contribution in [3.8, 4) is 5.75 Å². The fraction of sp³-hybridized carbons (Fsp3) is 0.346. The molecule has 0 aliphatic rings. The Labute approximate surface area is 205 Å². The summed E-state index contributed by atoms with van der Waals surface area (Å²) in [6, 6.07) is 13.5. The molecule has 0 radical (unpaired) electrons. The Morgan fingerprint density at radius 2 is 1.86 bits per heavy atom. The van der Waals surface area contributed by atoms with Crippen molar-refractivity contribution in [1.82, 2.24) is 14.7 Å². The summed E-state index contributed by atoms with van der Waals surface area (Å²) < 4.78 is 19.6. The standard InChI is InChI=1S/C26H33FN4O4/c1-5-21-9-6-7-10-23(21)35-19-31(17-20-11-13-22(27)14-12-20)24(25(28-2)29(3)4)26(34)30(18-33)15-8-16-32/h6-7,9-14,18,32H,2,5,8,15-17,19H2,1,3-4H3/b25-24+. The predicted octanol–water partition coefficient (Wildman–Crippen LogP) is 3.03. The lowest BCUT2D eigenvalue weighted by atomic mass is 10.1. The van der Waals surface area contributed by atoms with Crippen LogP contribution in [0.3, 0.4) is 0 Å². The molecule has 0 spiro atoms. The van der Waals surface area contributed by atoms with Gasteiger partial charge in [-0.1, -0.05) is 37.3 Å². The fourth-order valence-electron chi connectivity index (χ4n) is 3.46. The van der Waals surface area contributed by atoms with E-state index in [4.69, 9.17) is 4.74 Å². The van der Waals surface area contributed by atoms with Gasteiger partial charge in [-0.2, -0.15) is 0 Å². The minimum atomic E-state index is -0.612. The third-order valence-corrected chi connectivity index (χ3v) is 5.27. The number of benzene rings is 2. The quantitative estimate of drug-likeness (QED) is 0.192. The highest BCUT2D eigenvalue weighted by atomic mass is 19.1. The summed E-state index contributed by atoms with van der Waals surface area (Å²) in [4.78, 5) is 33.7. The van der Waals surface area contributed by atoms with Crippen LogP contribution in [-0.4, -0.2) is 72.8 Å². The largest absolute Gasteiger partial charge is 0.473 e. The van der Waals surface area contributed by atoms with Crippen molar-refractivity contribution < 1.29 is 23.8 Å². The Morgan fingerprint density at radius 3 is 2.43 bits per heavy atom. The fourth-order valence-corrected chi connectivity index (χ4v) is 3.46. The molecule has 35 heavy (non-hydrogen) atoms. The highest BCUT2D eigenvalue weighted by Gasteiger charge is 2.28. The van der Waals surface area contributed by atoms with Gasteiger partial charge in [-0.25, -0.2) is 9.38 Å². The Hall–Kier alpha value is -3.72. The first-order chi connectivity index (χ1) is 16.9. The van der Waals surface area contributed by atoms with Gasteiger partial charge in [-0.15, -0.1) is 0 Å². The zero-order valence-corrected chi connectivity index (χ0v) is 20.5. The molecule has 0 fully saturated rings. The van der Waals surface area contributed by atoms with E-state index in [9.17, 15) is 19.1 Å². The highest BCUT2D eigenvalue weighted by Crippen LogP contribution is 2.23. The number of nitrogens with zero attached hydrogens (tertiary/aromatic N) is 4. The summed E-state index contributed by atoms with van der Waals surface area (Å²) in [7, 11) is 3.42. The molecule has 188 valence electrons. The third kappa shape index (κ3) is 7.65. The molecule has 0 atom stereocenters. The molecule has 9 heteroatoms. The van der Waals surface area contributed by atoms with Crippen LogP contribution < -0.4 is 4.74 Å². The van der Waals surface area contributed by atoms with Gasteiger partial charge in [0.2, 0.25) is 6.41 Å². The molecule has 0 bridgehead atoms. The Kier molecular flexibility index (Phi) is 10.9. The number of hydrogen-bond acceptors (Lipinski definition) is 7. The maximum absolute atomic E-state index is 13.6. The van der Waals surface area contributed by atoms with Gasteiger partial charge in [-0.3, -0.25) is 14.5 Å². The van der Waals surface area contributed by atoms with E-state index in [1.165, 1.54) is 12.1 Å². The number of hydrogen-bond donors (Lipinski definition) is 1. The number of ether oxygens (including phenoxy) is 1. The molecule has 0 unspecified atom stereocenters. The molecule has 2 aromatic rings. The molecule has 1 N–H and O–H groups in total. The number of para-hydroxylation sites is 1. The first-order valence-corrected chi connectivity index (χ1v) is 11.3. The summed E-state index contributed by atoms with van der Waals surface area (Å²) in [6.07, 6.45) is 1.42. The average Bonchev–Trinajstić information content (AvgIpc) is 2.86. The Bertz CT molecular complexity index is 1020. The van der Waals surface area contributed by atoms with Crippen LogP contribution in [0.4, 0.5) is 4.39 Å². The number of aliphatic imine (C=N–C) groups is 1. The minimum Gasteiger partial charge on any atom is -0.473 e. The minimum absolute atomic E-state index is 0.0318. The first kappa shape index (κ1) is 27.5. The van der Waals surface area contributed by atoms with Crippen molar-refractivity contribution in [2.24, 2.45) is 4.99 Å². The van der Waals surface area contributed by atoms with E-state index in [2.05, 4.69) is 11.7 Å². The number of aliphatic hydroxyl groups excluding tert-OH is 1. The van der Waals surface area contributed by atoms with Crippen LogP contribution in [-0.2, 0) is 22.6 Å². The van der Waals surface area contributed by atoms with Gasteiger partial charge in [0.05, 0.1) is 0 Å². The highest BCUT2D eigenvalue weighted by molar-refractivity contribution is 5.99. The molecule has 0 saturated carbocycles. The van der Waals surface area contributed by atoms with Crippen molar-refractivity contribution >= 4 is 19.0 Å². The van der Waals surface area contributed by atoms with Crippen LogP contribution in [0, 0.1) is 5.82 Å². The molecular weight excluding hydrogens is 451 g/mol. The van der Waals surface area contributed by atoms with Crippen molar-refractivity contribution in [2.45, 2.75) is 26.3 Å². The normalized spacial score (nSPS) is 11.3. The van der Waals surface area contributed by atoms with Crippen LogP contribution in [0.5, 0.6) is 5.75 Å². The zero-order valence-electron chi connectivity index (χ0n) is 20.5. The topological polar surface area (TPSA) is 85.7 Å². The summed E-state index contributed by atoms with van der Waals surface area (Å²) in [5.74, 6) is -0.0890. The summed E-state index contributed by atoms with van der Waals surface area (Å²) in [6.45, 7) is 5.62. The van der Waals surface area contributed by atoms with Crippen LogP contribution >= 0.6 is 0 Å². The molecule has 0 heterocycles. The van der Waals surface area contributed by atoms with Crippen LogP contribution in [0.25, 0.3) is 0 Å². The second kappa shape index (κ2) is 13.9. The van der Waals surface area contributed by atoms with E-state index in [0.717, 1.165) is 22.4 Å². The number of amides is 2. The Morgan fingerprint density at radius 1 is 1.17 bits per heavy atom. The molecule has 0 aliphatic heterocycles. The van der Waals surface area contributed by atoms with E-state index < -0.39 is 5.91 Å². The third-order valence-electron chi connectivity index (χ3n) is 5.27. The second-order valence-corrected chi connectivity index (χ2v) is 7.96. The van der Waals surface area contributed by atoms with E-state index in [1.54, 1.807) is 36.0 Å². The number of carbonyl (C=O) groups is 2. The SMILES string of the molecule is C=N/C(=C(/C(=O)N(C=O)CCCO)N(COc1ccccc1CC)Cc1ccc(F)cc1)N(C)C. The number of halogens is 1. The summed E-state index contributed by atoms with van der Waals surface area (Å²) in [5, 5.41) is 9.20. The zero-order chi connectivity index (χ0) is 25.8. The smallest absolute Gasteiger partial charge is 0.280 e. The number of aliphatic hydroxyl groups is 1. The number of imide groups is 1. The van der Waals surface area contributed by atoms with Crippen LogP contribution in [0.1, 0.15) is 24.5 Å². The van der Waals surface area contributed by atoms with E-state index in [0.29, 0.717) is 12.2 Å². The number of aryl methyl sites for hydroxylation is 1. The van der Waals surface area contributed by atoms with Crippen molar-refractivity contribution in [3.05, 3.63) is 77.0 Å². The van der Waals surface area contributed by atoms with Gasteiger partial charge in [0.1, 0.15) is 17.3 Å². The maximum Gasteiger partial charge on any atom is 0.280 e. The number of carbonyl (C=O) groups excluding carboxylic acids is 2. The Balaban J connectivity index is 2.55. The van der Waals surface area contributed by atoms with E-state index in [1.807, 2.05) is 31.2 Å². The first-order valence-electron chi connectivity index (χ1n) is 11.3. The van der Waals surface area contributed by atoms with Crippen LogP contribution in [0.15, 0.2) is 65.0 Å². The monoisotopic (exact) mass is 484 g/mol. The molecular formula is C26H33FN4O4. The van der Waals surface area contributed by atoms with Gasteiger partial charge >= 0.3 is 0 Å². The van der Waals surface area contributed by atoms with Gasteiger partial charge in [0.25, 0.3) is 5.91 Å². The molecule has 2 aromatic carbocycles. The van der Waals surface area contributed by atoms with Gasteiger partial charge < -0.3 is 19.6 Å². The summed E-state index contributed by atoms with van der Waals surface area (Å²) >= 11 is 0. The second-order valence-electron chi connectivity index (χ2n) is 7.96. The summed E-state index contributed by atoms with van der Waals surface area (Å²) in [5.41, 5.74) is 1.81. The van der Waals surface area contributed by atoms with Gasteiger partial charge in [-0.05, 0) is 48.9 Å². The molecule has 0 aromatic heterocycles. The molecule has 0 aliphatic carbocycles.